The van der Waals surface area contributed by atoms with E-state index in [4.69, 9.17) is 4.74 Å². The highest BCUT2D eigenvalue weighted by Gasteiger charge is 2.17. The van der Waals surface area contributed by atoms with Gasteiger partial charge in [-0.2, -0.15) is 4.99 Å². The summed E-state index contributed by atoms with van der Waals surface area (Å²) in [6.07, 6.45) is 6.79. The minimum Gasteiger partial charge on any atom is -0.380 e. The number of ether oxygens (including phenoxy) is 1. The van der Waals surface area contributed by atoms with Crippen LogP contribution in [0.15, 0.2) is 29.3 Å². The molecule has 2 aromatic rings. The number of hydrogen-bond donors (Lipinski definition) is 0. The van der Waals surface area contributed by atoms with Crippen molar-refractivity contribution in [2.24, 2.45) is 10.9 Å². The highest BCUT2D eigenvalue weighted by atomic mass is 32.1. The Morgan fingerprint density at radius 3 is 2.88 bits per heavy atom. The fourth-order valence-electron chi connectivity index (χ4n) is 3.41. The number of amides is 1. The van der Waals surface area contributed by atoms with Crippen LogP contribution in [0.5, 0.6) is 0 Å². The van der Waals surface area contributed by atoms with E-state index < -0.39 is 0 Å². The van der Waals surface area contributed by atoms with Crippen LogP contribution >= 0.6 is 11.3 Å². The van der Waals surface area contributed by atoms with E-state index in [0.29, 0.717) is 25.6 Å². The Hall–Kier alpha value is -1.46. The fraction of sp³-hybridized carbons (Fsp3) is 0.579. The minimum atomic E-state index is 0.0265. The number of hydrogen-bond acceptors (Lipinski definition) is 3. The molecular formula is C19H26N2O2S. The van der Waals surface area contributed by atoms with Crippen LogP contribution in [-0.2, 0) is 16.1 Å². The molecule has 0 bridgehead atoms. The Labute approximate surface area is 147 Å². The van der Waals surface area contributed by atoms with Crippen molar-refractivity contribution < 1.29 is 9.53 Å². The zero-order valence-corrected chi connectivity index (χ0v) is 15.2. The second-order valence-corrected chi connectivity index (χ2v) is 7.42. The van der Waals surface area contributed by atoms with Gasteiger partial charge in [0.1, 0.15) is 0 Å². The van der Waals surface area contributed by atoms with Crippen molar-refractivity contribution >= 4 is 27.5 Å². The Morgan fingerprint density at radius 2 is 2.08 bits per heavy atom. The normalized spacial score (nSPS) is 16.8. The van der Waals surface area contributed by atoms with Gasteiger partial charge in [0.2, 0.25) is 5.91 Å². The lowest BCUT2D eigenvalue weighted by molar-refractivity contribution is -0.119. The van der Waals surface area contributed by atoms with Gasteiger partial charge in [0.05, 0.1) is 16.8 Å². The molecule has 0 saturated heterocycles. The first-order chi connectivity index (χ1) is 11.8. The van der Waals surface area contributed by atoms with Gasteiger partial charge < -0.3 is 9.30 Å². The Morgan fingerprint density at radius 1 is 1.29 bits per heavy atom. The molecule has 0 N–H and O–H groups in total. The lowest BCUT2D eigenvalue weighted by Crippen LogP contribution is -2.20. The Balaban J connectivity index is 1.83. The molecule has 0 aliphatic heterocycles. The van der Waals surface area contributed by atoms with Crippen molar-refractivity contribution in [3.8, 4) is 0 Å². The molecule has 24 heavy (non-hydrogen) atoms. The van der Waals surface area contributed by atoms with E-state index in [1.165, 1.54) is 36.8 Å². The topological polar surface area (TPSA) is 43.6 Å². The average molecular weight is 346 g/mol. The third-order valence-electron chi connectivity index (χ3n) is 4.66. The second kappa shape index (κ2) is 8.58. The van der Waals surface area contributed by atoms with Crippen molar-refractivity contribution in [1.82, 2.24) is 4.57 Å². The molecule has 0 radical (unpaired) electrons. The third kappa shape index (κ3) is 4.33. The van der Waals surface area contributed by atoms with Crippen LogP contribution in [0, 0.1) is 5.92 Å². The van der Waals surface area contributed by atoms with Gasteiger partial charge in [-0.1, -0.05) is 42.7 Å². The van der Waals surface area contributed by atoms with E-state index in [0.717, 1.165) is 16.9 Å². The van der Waals surface area contributed by atoms with Crippen molar-refractivity contribution in [2.75, 3.05) is 13.2 Å². The van der Waals surface area contributed by atoms with E-state index in [1.54, 1.807) is 11.3 Å². The van der Waals surface area contributed by atoms with Crippen LogP contribution in [0.1, 0.15) is 45.4 Å². The fourth-order valence-corrected chi connectivity index (χ4v) is 4.49. The molecular weight excluding hydrogens is 320 g/mol. The lowest BCUT2D eigenvalue weighted by Gasteiger charge is -2.19. The summed E-state index contributed by atoms with van der Waals surface area (Å²) in [6.45, 7) is 4.07. The zero-order chi connectivity index (χ0) is 16.8. The van der Waals surface area contributed by atoms with Crippen LogP contribution in [0.3, 0.4) is 0 Å². The number of aromatic nitrogens is 1. The van der Waals surface area contributed by atoms with E-state index in [2.05, 4.69) is 21.7 Å². The summed E-state index contributed by atoms with van der Waals surface area (Å²) in [5.41, 5.74) is 1.13. The molecule has 3 rings (SSSR count). The van der Waals surface area contributed by atoms with Crippen molar-refractivity contribution in [3.05, 3.63) is 29.1 Å². The first kappa shape index (κ1) is 17.4. The number of nitrogens with zero attached hydrogens (tertiary/aromatic N) is 2. The second-order valence-electron chi connectivity index (χ2n) is 6.41. The SMILES string of the molecule is CCOCCn1c(=NC(=O)CC2CCCCC2)sc2ccccc21. The zero-order valence-electron chi connectivity index (χ0n) is 14.4. The molecule has 5 heteroatoms. The maximum Gasteiger partial charge on any atom is 0.248 e. The number of carbonyl (C=O) groups excluding carboxylic acids is 1. The summed E-state index contributed by atoms with van der Waals surface area (Å²) < 4.78 is 8.78. The highest BCUT2D eigenvalue weighted by Crippen LogP contribution is 2.26. The molecule has 4 nitrogen and oxygen atoms in total. The predicted octanol–water partition coefficient (Wildman–Crippen LogP) is 4.14. The van der Waals surface area contributed by atoms with Gasteiger partial charge >= 0.3 is 0 Å². The summed E-state index contributed by atoms with van der Waals surface area (Å²) >= 11 is 1.59. The molecule has 1 aromatic heterocycles. The van der Waals surface area contributed by atoms with Gasteiger partial charge in [-0.3, -0.25) is 4.79 Å². The number of benzene rings is 1. The van der Waals surface area contributed by atoms with E-state index >= 15 is 0 Å². The summed E-state index contributed by atoms with van der Waals surface area (Å²) in [7, 11) is 0. The Bertz CT molecular complexity index is 741. The van der Waals surface area contributed by atoms with Gasteiger partial charge in [0.15, 0.2) is 4.80 Å². The molecule has 1 aliphatic rings. The summed E-state index contributed by atoms with van der Waals surface area (Å²) in [4.78, 5) is 17.7. The smallest absolute Gasteiger partial charge is 0.248 e. The molecule has 1 aromatic carbocycles. The maximum atomic E-state index is 12.4. The summed E-state index contributed by atoms with van der Waals surface area (Å²) in [5, 5.41) is 0. The van der Waals surface area contributed by atoms with E-state index in [9.17, 15) is 4.79 Å². The van der Waals surface area contributed by atoms with Crippen molar-refractivity contribution in [3.63, 3.8) is 0 Å². The van der Waals surface area contributed by atoms with Gasteiger partial charge in [0.25, 0.3) is 0 Å². The van der Waals surface area contributed by atoms with E-state index in [-0.39, 0.29) is 5.91 Å². The van der Waals surface area contributed by atoms with Crippen LogP contribution in [0.25, 0.3) is 10.2 Å². The number of thiazole rings is 1. The number of rotatable bonds is 6. The van der Waals surface area contributed by atoms with Gasteiger partial charge in [0, 0.05) is 19.6 Å². The number of carbonyl (C=O) groups is 1. The third-order valence-corrected chi connectivity index (χ3v) is 5.72. The van der Waals surface area contributed by atoms with E-state index in [1.807, 2.05) is 19.1 Å². The average Bonchev–Trinajstić information content (AvgIpc) is 2.93. The number of fused-ring (bicyclic) bond motifs is 1. The predicted molar refractivity (Wildman–Crippen MR) is 98.1 cm³/mol. The molecule has 1 saturated carbocycles. The monoisotopic (exact) mass is 346 g/mol. The maximum absolute atomic E-state index is 12.4. The van der Waals surface area contributed by atoms with Crippen LogP contribution in [0.2, 0.25) is 0 Å². The Kier molecular flexibility index (Phi) is 6.21. The molecule has 1 fully saturated rings. The molecule has 1 amide bonds. The quantitative estimate of drug-likeness (QED) is 0.738. The minimum absolute atomic E-state index is 0.0265. The van der Waals surface area contributed by atoms with Crippen molar-refractivity contribution in [2.45, 2.75) is 52.0 Å². The summed E-state index contributed by atoms with van der Waals surface area (Å²) in [6, 6.07) is 8.23. The standard InChI is InChI=1S/C19H26N2O2S/c1-2-23-13-12-21-16-10-6-7-11-17(16)24-19(21)20-18(22)14-15-8-4-3-5-9-15/h6-7,10-11,15H,2-5,8-9,12-14H2,1H3. The first-order valence-corrected chi connectivity index (χ1v) is 9.83. The first-order valence-electron chi connectivity index (χ1n) is 9.01. The molecule has 1 heterocycles. The lowest BCUT2D eigenvalue weighted by atomic mass is 9.87. The molecule has 1 aliphatic carbocycles. The van der Waals surface area contributed by atoms with Gasteiger partial charge in [-0.25, -0.2) is 0 Å². The molecule has 0 unspecified atom stereocenters. The molecule has 130 valence electrons. The summed E-state index contributed by atoms with van der Waals surface area (Å²) in [5.74, 6) is 0.555. The molecule has 0 atom stereocenters. The highest BCUT2D eigenvalue weighted by molar-refractivity contribution is 7.16. The molecule has 0 spiro atoms. The number of para-hydroxylation sites is 1. The van der Waals surface area contributed by atoms with Crippen LogP contribution in [0.4, 0.5) is 0 Å². The van der Waals surface area contributed by atoms with Crippen molar-refractivity contribution in [1.29, 1.82) is 0 Å². The van der Waals surface area contributed by atoms with Gasteiger partial charge in [-0.15, -0.1) is 0 Å². The van der Waals surface area contributed by atoms with Crippen LogP contribution in [-0.4, -0.2) is 23.7 Å². The van der Waals surface area contributed by atoms with Gasteiger partial charge in [-0.05, 0) is 37.8 Å². The van der Waals surface area contributed by atoms with Crippen LogP contribution < -0.4 is 4.80 Å². The largest absolute Gasteiger partial charge is 0.380 e.